The first-order valence-corrected chi connectivity index (χ1v) is 8.74. The summed E-state index contributed by atoms with van der Waals surface area (Å²) in [5.41, 5.74) is 6.62. The van der Waals surface area contributed by atoms with Gasteiger partial charge in [0.2, 0.25) is 0 Å². The van der Waals surface area contributed by atoms with Crippen LogP contribution in [0, 0.1) is 0 Å². The summed E-state index contributed by atoms with van der Waals surface area (Å²) in [6, 6.07) is 4.33. The third-order valence-corrected chi connectivity index (χ3v) is 6.44. The first-order chi connectivity index (χ1) is 9.82. The van der Waals surface area contributed by atoms with E-state index in [-0.39, 0.29) is 24.5 Å². The van der Waals surface area contributed by atoms with Crippen LogP contribution in [0.4, 0.5) is 0 Å². The summed E-state index contributed by atoms with van der Waals surface area (Å²) >= 11 is 3.26. The summed E-state index contributed by atoms with van der Waals surface area (Å²) in [6.45, 7) is 0.434. The number of hydrogen-bond donors (Lipinski definition) is 2. The van der Waals surface area contributed by atoms with E-state index in [1.807, 2.05) is 0 Å². The number of carboxylic acids is 1. The maximum absolute atomic E-state index is 12.3. The minimum Gasteiger partial charge on any atom is -0.481 e. The van der Waals surface area contributed by atoms with Gasteiger partial charge in [-0.05, 0) is 40.0 Å². The van der Waals surface area contributed by atoms with Crippen molar-refractivity contribution < 1.29 is 23.1 Å². The van der Waals surface area contributed by atoms with Gasteiger partial charge in [0.05, 0.1) is 18.1 Å². The average molecular weight is 378 g/mol. The highest BCUT2D eigenvalue weighted by Crippen LogP contribution is 2.30. The van der Waals surface area contributed by atoms with Crippen LogP contribution in [0.15, 0.2) is 27.6 Å². The fraction of sp³-hybridized carbons (Fsp3) is 0.462. The predicted molar refractivity (Wildman–Crippen MR) is 79.7 cm³/mol. The number of halogens is 1. The van der Waals surface area contributed by atoms with Gasteiger partial charge >= 0.3 is 5.97 Å². The Hall–Kier alpha value is -0.960. The van der Waals surface area contributed by atoms with Gasteiger partial charge in [-0.1, -0.05) is 6.07 Å². The Morgan fingerprint density at radius 2 is 2.14 bits per heavy atom. The number of aliphatic carboxylic acids is 1. The molecule has 0 aliphatic carbocycles. The van der Waals surface area contributed by atoms with Crippen LogP contribution in [0.2, 0.25) is 0 Å². The van der Waals surface area contributed by atoms with E-state index in [9.17, 15) is 13.2 Å². The van der Waals surface area contributed by atoms with Gasteiger partial charge in [-0.2, -0.15) is 0 Å². The molecular weight excluding hydrogens is 362 g/mol. The Bertz CT molecular complexity index is 642. The van der Waals surface area contributed by atoms with E-state index in [4.69, 9.17) is 15.6 Å². The summed E-state index contributed by atoms with van der Waals surface area (Å²) in [5.74, 6) is -0.909. The van der Waals surface area contributed by atoms with E-state index in [0.29, 0.717) is 16.5 Å². The largest absolute Gasteiger partial charge is 0.481 e. The Kier molecular flexibility index (Phi) is 5.03. The van der Waals surface area contributed by atoms with Gasteiger partial charge in [-0.25, -0.2) is 8.42 Å². The average Bonchev–Trinajstić information content (AvgIpc) is 2.32. The van der Waals surface area contributed by atoms with E-state index in [1.165, 1.54) is 6.07 Å². The van der Waals surface area contributed by atoms with Crippen LogP contribution in [0.25, 0.3) is 0 Å². The van der Waals surface area contributed by atoms with Gasteiger partial charge in [0.1, 0.15) is 5.25 Å². The molecule has 1 atom stereocenters. The molecule has 2 rings (SSSR count). The van der Waals surface area contributed by atoms with Gasteiger partial charge in [-0.3, -0.25) is 4.79 Å². The third kappa shape index (κ3) is 3.63. The first-order valence-electron chi connectivity index (χ1n) is 6.41. The molecule has 0 radical (unpaired) electrons. The van der Waals surface area contributed by atoms with Crippen molar-refractivity contribution in [3.63, 3.8) is 0 Å². The van der Waals surface area contributed by atoms with Crippen molar-refractivity contribution in [1.29, 1.82) is 0 Å². The molecule has 1 fully saturated rings. The van der Waals surface area contributed by atoms with Crippen LogP contribution >= 0.6 is 15.9 Å². The van der Waals surface area contributed by atoms with Crippen molar-refractivity contribution in [2.45, 2.75) is 29.0 Å². The number of carbonyl (C=O) groups is 1. The second-order valence-electron chi connectivity index (χ2n) is 4.93. The Balaban J connectivity index is 2.19. The van der Waals surface area contributed by atoms with Crippen LogP contribution in [-0.2, 0) is 19.4 Å². The molecule has 1 aromatic carbocycles. The number of nitrogens with two attached hydrogens (primary N) is 1. The van der Waals surface area contributed by atoms with E-state index in [0.717, 1.165) is 0 Å². The normalized spacial score (nSPS) is 17.2. The monoisotopic (exact) mass is 377 g/mol. The van der Waals surface area contributed by atoms with Gasteiger partial charge in [0.15, 0.2) is 9.84 Å². The fourth-order valence-corrected chi connectivity index (χ4v) is 4.57. The Labute approximate surface area is 131 Å². The highest BCUT2D eigenvalue weighted by atomic mass is 79.9. The fourth-order valence-electron chi connectivity index (χ4n) is 2.00. The lowest BCUT2D eigenvalue weighted by Gasteiger charge is -2.26. The minimum absolute atomic E-state index is 0.0295. The molecule has 1 aromatic rings. The molecule has 8 heteroatoms. The van der Waals surface area contributed by atoms with Crippen LogP contribution in [0.3, 0.4) is 0 Å². The molecule has 0 bridgehead atoms. The summed E-state index contributed by atoms with van der Waals surface area (Å²) in [6.07, 6.45) is 0.266. The Morgan fingerprint density at radius 3 is 2.62 bits per heavy atom. The zero-order chi connectivity index (χ0) is 15.6. The number of ether oxygens (including phenoxy) is 1. The molecule has 1 saturated heterocycles. The highest BCUT2D eigenvalue weighted by Gasteiger charge is 2.35. The third-order valence-electron chi connectivity index (χ3n) is 3.41. The van der Waals surface area contributed by atoms with Crippen LogP contribution in [0.1, 0.15) is 24.4 Å². The van der Waals surface area contributed by atoms with Gasteiger partial charge in [-0.15, -0.1) is 0 Å². The molecule has 1 heterocycles. The molecule has 1 unspecified atom stereocenters. The quantitative estimate of drug-likeness (QED) is 0.777. The van der Waals surface area contributed by atoms with E-state index >= 15 is 0 Å². The van der Waals surface area contributed by atoms with Crippen LogP contribution < -0.4 is 5.73 Å². The Morgan fingerprint density at radius 1 is 1.48 bits per heavy atom. The van der Waals surface area contributed by atoms with E-state index in [2.05, 4.69) is 15.9 Å². The second kappa shape index (κ2) is 6.43. The zero-order valence-corrected chi connectivity index (χ0v) is 13.6. The van der Waals surface area contributed by atoms with Crippen molar-refractivity contribution in [2.24, 2.45) is 5.73 Å². The number of carboxylic acid groups (broad SMARTS) is 1. The van der Waals surface area contributed by atoms with Gasteiger partial charge in [0.25, 0.3) is 0 Å². The van der Waals surface area contributed by atoms with E-state index in [1.54, 1.807) is 12.1 Å². The van der Waals surface area contributed by atoms with Crippen molar-refractivity contribution in [3.8, 4) is 0 Å². The predicted octanol–water partition coefficient (Wildman–Crippen LogP) is 1.49. The van der Waals surface area contributed by atoms with Crippen molar-refractivity contribution in [1.82, 2.24) is 0 Å². The van der Waals surface area contributed by atoms with Gasteiger partial charge in [0, 0.05) is 16.9 Å². The van der Waals surface area contributed by atoms with Crippen LogP contribution in [0.5, 0.6) is 0 Å². The molecule has 116 valence electrons. The molecule has 1 aliphatic heterocycles. The smallest absolute Gasteiger partial charge is 0.303 e. The highest BCUT2D eigenvalue weighted by molar-refractivity contribution is 9.10. The molecule has 0 amide bonds. The van der Waals surface area contributed by atoms with Crippen molar-refractivity contribution in [3.05, 3.63) is 28.2 Å². The van der Waals surface area contributed by atoms with Gasteiger partial charge < -0.3 is 15.6 Å². The summed E-state index contributed by atoms with van der Waals surface area (Å²) in [4.78, 5) is 10.8. The molecule has 0 aromatic heterocycles. The molecule has 21 heavy (non-hydrogen) atoms. The molecule has 3 N–H and O–H groups in total. The summed E-state index contributed by atoms with van der Waals surface area (Å²) < 4.78 is 30.0. The SMILES string of the molecule is NC(CCC(=O)O)c1ccc(S(=O)(=O)C2COC2)c(Br)c1. The number of hydrogen-bond acceptors (Lipinski definition) is 5. The molecule has 1 aliphatic rings. The van der Waals surface area contributed by atoms with E-state index < -0.39 is 27.1 Å². The van der Waals surface area contributed by atoms with Crippen molar-refractivity contribution >= 4 is 31.7 Å². The number of benzene rings is 1. The number of rotatable bonds is 6. The maximum atomic E-state index is 12.3. The molecule has 6 nitrogen and oxygen atoms in total. The number of sulfone groups is 1. The lowest BCUT2D eigenvalue weighted by atomic mass is 10.0. The minimum atomic E-state index is -3.41. The lowest BCUT2D eigenvalue weighted by Crippen LogP contribution is -2.40. The van der Waals surface area contributed by atoms with Crippen LogP contribution in [-0.4, -0.2) is 38.0 Å². The molecule has 0 saturated carbocycles. The molecule has 0 spiro atoms. The summed E-state index contributed by atoms with van der Waals surface area (Å²) in [7, 11) is -3.41. The van der Waals surface area contributed by atoms with Crippen molar-refractivity contribution in [2.75, 3.05) is 13.2 Å². The molecular formula is C13H16BrNO5S. The first kappa shape index (κ1) is 16.4. The second-order valence-corrected chi connectivity index (χ2v) is 7.98. The topological polar surface area (TPSA) is 107 Å². The summed E-state index contributed by atoms with van der Waals surface area (Å²) in [5, 5.41) is 8.15. The maximum Gasteiger partial charge on any atom is 0.303 e. The zero-order valence-electron chi connectivity index (χ0n) is 11.2. The standard InChI is InChI=1S/C13H16BrNO5S/c14-10-5-8(11(15)2-4-13(16)17)1-3-12(10)21(18,19)9-6-20-7-9/h1,3,5,9,11H,2,4,6-7,15H2,(H,16,17). The lowest BCUT2D eigenvalue weighted by molar-refractivity contribution is -0.137.